The van der Waals surface area contributed by atoms with Crippen molar-refractivity contribution in [3.63, 3.8) is 0 Å². The molecule has 2 N–H and O–H groups in total. The van der Waals surface area contributed by atoms with Gasteiger partial charge < -0.3 is 15.4 Å². The molecule has 2 atom stereocenters. The normalized spacial score (nSPS) is 20.9. The van der Waals surface area contributed by atoms with E-state index in [-0.39, 0.29) is 11.4 Å². The van der Waals surface area contributed by atoms with E-state index >= 15 is 0 Å². The van der Waals surface area contributed by atoms with Crippen LogP contribution < -0.4 is 10.6 Å². The number of anilines is 1. The molecule has 0 aromatic carbocycles. The first kappa shape index (κ1) is 21.1. The van der Waals surface area contributed by atoms with Crippen molar-refractivity contribution in [2.24, 2.45) is 0 Å². The second-order valence-electron chi connectivity index (χ2n) is 6.15. The minimum Gasteiger partial charge on any atom is -0.464 e. The number of aromatic nitrogens is 1. The van der Waals surface area contributed by atoms with E-state index in [1.54, 1.807) is 13.1 Å². The summed E-state index contributed by atoms with van der Waals surface area (Å²) < 4.78 is 4.84. The molecule has 0 aliphatic carbocycles. The minimum absolute atomic E-state index is 0.0129. The maximum Gasteiger partial charge on any atom is 0.355 e. The zero-order chi connectivity index (χ0) is 21.1. The van der Waals surface area contributed by atoms with Gasteiger partial charge in [-0.15, -0.1) is 23.1 Å². The fraction of sp³-hybridized carbons (Fsp3) is 0.389. The van der Waals surface area contributed by atoms with Gasteiger partial charge in [0.1, 0.15) is 22.8 Å². The number of hydrogen-bond acceptors (Lipinski definition) is 9. The molecule has 29 heavy (non-hydrogen) atoms. The molecule has 154 valence electrons. The van der Waals surface area contributed by atoms with Crippen LogP contribution in [0.4, 0.5) is 5.13 Å². The zero-order valence-corrected chi connectivity index (χ0v) is 17.7. The van der Waals surface area contributed by atoms with Crippen LogP contribution in [0.3, 0.4) is 0 Å². The fourth-order valence-electron chi connectivity index (χ4n) is 2.93. The van der Waals surface area contributed by atoms with Gasteiger partial charge in [0.2, 0.25) is 0 Å². The van der Waals surface area contributed by atoms with E-state index in [1.807, 2.05) is 13.0 Å². The van der Waals surface area contributed by atoms with Gasteiger partial charge in [-0.1, -0.05) is 19.1 Å². The van der Waals surface area contributed by atoms with E-state index < -0.39 is 35.0 Å². The highest BCUT2D eigenvalue weighted by Crippen LogP contribution is 2.41. The Hall–Kier alpha value is -2.66. The number of ether oxygens (including phenoxy) is 1. The monoisotopic (exact) mass is 436 g/mol. The first-order valence-corrected chi connectivity index (χ1v) is 10.8. The summed E-state index contributed by atoms with van der Waals surface area (Å²) in [4.78, 5) is 54.9. The molecule has 11 heteroatoms. The third kappa shape index (κ3) is 3.92. The van der Waals surface area contributed by atoms with E-state index in [4.69, 9.17) is 4.74 Å². The van der Waals surface area contributed by atoms with Crippen molar-refractivity contribution in [1.29, 1.82) is 0 Å². The smallest absolute Gasteiger partial charge is 0.355 e. The van der Waals surface area contributed by atoms with Crippen LogP contribution in [-0.2, 0) is 19.1 Å². The van der Waals surface area contributed by atoms with Crippen LogP contribution in [0.15, 0.2) is 28.8 Å². The Balaban J connectivity index is 1.75. The number of Topliss-reactive ketones (excluding diaryl/α,β-unsaturated/α-hetero) is 1. The van der Waals surface area contributed by atoms with Crippen LogP contribution in [0.5, 0.6) is 0 Å². The number of fused-ring (bicyclic) bond motifs is 1. The van der Waals surface area contributed by atoms with Crippen LogP contribution in [0.25, 0.3) is 0 Å². The molecule has 2 amide bonds. The third-order valence-electron chi connectivity index (χ3n) is 4.37. The van der Waals surface area contributed by atoms with Gasteiger partial charge in [0.15, 0.2) is 5.13 Å². The maximum absolute atomic E-state index is 12.7. The molecule has 1 aromatic rings. The molecule has 1 fully saturated rings. The standard InChI is InChI=1S/C18H20N4O5S2/c1-4-5-6-9-7-28-16-11(15(25)22(16)12(9)17(26)27-3)21-14(24)13(23)10-8-29-18(19-2)20-10/h5-6,8,11,16H,4,7H2,1-3H3,(H,19,20)(H,21,24)/b6-5+. The number of methoxy groups -OCH3 is 1. The lowest BCUT2D eigenvalue weighted by Crippen LogP contribution is -2.71. The maximum atomic E-state index is 12.7. The Kier molecular flexibility index (Phi) is 6.38. The van der Waals surface area contributed by atoms with E-state index in [0.717, 1.165) is 6.42 Å². The Labute approximate surface area is 175 Å². The van der Waals surface area contributed by atoms with Crippen molar-refractivity contribution in [3.05, 3.63) is 34.5 Å². The minimum atomic E-state index is -0.906. The molecule has 3 rings (SSSR count). The second kappa shape index (κ2) is 8.78. The number of ketones is 1. The van der Waals surface area contributed by atoms with Gasteiger partial charge in [0.05, 0.1) is 7.11 Å². The number of hydrogen-bond donors (Lipinski definition) is 2. The molecular formula is C18H20N4O5S2. The van der Waals surface area contributed by atoms with Crippen molar-refractivity contribution in [1.82, 2.24) is 15.2 Å². The summed E-state index contributed by atoms with van der Waals surface area (Å²) >= 11 is 2.61. The molecule has 2 aliphatic heterocycles. The van der Waals surface area contributed by atoms with Gasteiger partial charge in [-0.25, -0.2) is 9.78 Å². The highest BCUT2D eigenvalue weighted by Gasteiger charge is 2.54. The number of carbonyl (C=O) groups is 4. The largest absolute Gasteiger partial charge is 0.464 e. The van der Waals surface area contributed by atoms with Gasteiger partial charge in [0.25, 0.3) is 17.6 Å². The van der Waals surface area contributed by atoms with Gasteiger partial charge >= 0.3 is 5.97 Å². The topological polar surface area (TPSA) is 118 Å². The second-order valence-corrected chi connectivity index (χ2v) is 8.12. The fourth-order valence-corrected chi connectivity index (χ4v) is 4.90. The van der Waals surface area contributed by atoms with Crippen LogP contribution in [0.1, 0.15) is 23.8 Å². The first-order chi connectivity index (χ1) is 13.9. The number of β-lactam (4-membered cyclic amide) rings is 1. The summed E-state index contributed by atoms with van der Waals surface area (Å²) in [6.45, 7) is 1.97. The number of esters is 1. The average Bonchev–Trinajstić information content (AvgIpc) is 3.23. The molecule has 0 saturated carbocycles. The molecule has 1 aromatic heterocycles. The molecule has 2 aliphatic rings. The number of thiazole rings is 1. The highest BCUT2D eigenvalue weighted by atomic mass is 32.2. The van der Waals surface area contributed by atoms with Gasteiger partial charge in [-0.2, -0.15) is 0 Å². The summed E-state index contributed by atoms with van der Waals surface area (Å²) in [7, 11) is 2.91. The summed E-state index contributed by atoms with van der Waals surface area (Å²) in [5.41, 5.74) is 0.885. The van der Waals surface area contributed by atoms with Gasteiger partial charge in [-0.05, 0) is 12.0 Å². The number of rotatable bonds is 7. The van der Waals surface area contributed by atoms with Crippen molar-refractivity contribution in [2.75, 3.05) is 25.2 Å². The third-order valence-corrected chi connectivity index (χ3v) is 6.54. The molecule has 9 nitrogen and oxygen atoms in total. The van der Waals surface area contributed by atoms with E-state index in [9.17, 15) is 19.2 Å². The molecule has 2 unspecified atom stereocenters. The lowest BCUT2D eigenvalue weighted by Gasteiger charge is -2.49. The first-order valence-electron chi connectivity index (χ1n) is 8.84. The lowest BCUT2D eigenvalue weighted by atomic mass is 10.0. The number of amides is 2. The van der Waals surface area contributed by atoms with E-state index in [1.165, 1.54) is 40.5 Å². The van der Waals surface area contributed by atoms with Gasteiger partial charge in [0, 0.05) is 18.2 Å². The Morgan fingerprint density at radius 1 is 1.41 bits per heavy atom. The molecule has 1 saturated heterocycles. The molecule has 3 heterocycles. The van der Waals surface area contributed by atoms with E-state index in [0.29, 0.717) is 16.5 Å². The number of nitrogens with one attached hydrogen (secondary N) is 2. The average molecular weight is 437 g/mol. The number of thioether (sulfide) groups is 1. The molecule has 0 bridgehead atoms. The lowest BCUT2D eigenvalue weighted by molar-refractivity contribution is -0.151. The predicted octanol–water partition coefficient (Wildman–Crippen LogP) is 1.16. The Morgan fingerprint density at radius 2 is 2.17 bits per heavy atom. The van der Waals surface area contributed by atoms with Crippen molar-refractivity contribution in [3.8, 4) is 0 Å². The van der Waals surface area contributed by atoms with Crippen molar-refractivity contribution < 1.29 is 23.9 Å². The molecular weight excluding hydrogens is 416 g/mol. The quantitative estimate of drug-likeness (QED) is 0.283. The SMILES string of the molecule is CC/C=C/C1=C(C(=O)OC)N2C(=O)C(NC(=O)C(=O)c3csc(NC)n3)C2SC1. The summed E-state index contributed by atoms with van der Waals surface area (Å²) in [5.74, 6) is -2.31. The van der Waals surface area contributed by atoms with E-state index in [2.05, 4.69) is 15.6 Å². The van der Waals surface area contributed by atoms with Gasteiger partial charge in [-0.3, -0.25) is 19.3 Å². The molecule has 0 spiro atoms. The summed E-state index contributed by atoms with van der Waals surface area (Å²) in [5, 5.41) is 6.78. The van der Waals surface area contributed by atoms with Crippen LogP contribution in [-0.4, -0.2) is 64.8 Å². The van der Waals surface area contributed by atoms with Crippen molar-refractivity contribution in [2.45, 2.75) is 24.8 Å². The van der Waals surface area contributed by atoms with Crippen LogP contribution >= 0.6 is 23.1 Å². The number of allylic oxidation sites excluding steroid dienone is 2. The van der Waals surface area contributed by atoms with Crippen molar-refractivity contribution >= 4 is 51.8 Å². The zero-order valence-electron chi connectivity index (χ0n) is 16.1. The highest BCUT2D eigenvalue weighted by molar-refractivity contribution is 8.00. The molecule has 0 radical (unpaired) electrons. The summed E-state index contributed by atoms with van der Waals surface area (Å²) in [6.07, 6.45) is 4.49. The Bertz CT molecular complexity index is 923. The van der Waals surface area contributed by atoms with Crippen LogP contribution in [0.2, 0.25) is 0 Å². The van der Waals surface area contributed by atoms with Crippen LogP contribution in [0, 0.1) is 0 Å². The Morgan fingerprint density at radius 3 is 2.79 bits per heavy atom. The predicted molar refractivity (Wildman–Crippen MR) is 109 cm³/mol. The number of nitrogens with zero attached hydrogens (tertiary/aromatic N) is 2. The summed E-state index contributed by atoms with van der Waals surface area (Å²) in [6, 6.07) is -0.893. The number of carbonyl (C=O) groups excluding carboxylic acids is 4.